The second-order valence-corrected chi connectivity index (χ2v) is 2.98. The maximum atomic E-state index is 11.5. The van der Waals surface area contributed by atoms with Gasteiger partial charge in [0.15, 0.2) is 0 Å². The van der Waals surface area contributed by atoms with E-state index >= 15 is 0 Å². The summed E-state index contributed by atoms with van der Waals surface area (Å²) in [6, 6.07) is 0. The summed E-state index contributed by atoms with van der Waals surface area (Å²) in [7, 11) is 0. The van der Waals surface area contributed by atoms with Gasteiger partial charge in [-0.25, -0.2) is 19.6 Å². The fourth-order valence-electron chi connectivity index (χ4n) is 1.10. The largest absolute Gasteiger partial charge is 0.367 e. The Bertz CT molecular complexity index is 480. The molecule has 3 N–H and O–H groups in total. The molecule has 0 atom stereocenters. The van der Waals surface area contributed by atoms with Crippen molar-refractivity contribution < 1.29 is 4.79 Å². The minimum atomic E-state index is -0.250. The number of nitrogens with zero attached hydrogens (tertiary/aromatic N) is 5. The molecule has 2 heterocycles. The Balaban J connectivity index is 1.95. The molecule has 8 nitrogen and oxygen atoms in total. The fraction of sp³-hybridized carbons (Fsp3) is 0.125. The van der Waals surface area contributed by atoms with Gasteiger partial charge in [-0.15, -0.1) is 5.10 Å². The van der Waals surface area contributed by atoms with E-state index in [9.17, 15) is 4.79 Å². The number of nitrogens with one attached hydrogen (secondary N) is 1. The molecular weight excluding hydrogens is 210 g/mol. The lowest BCUT2D eigenvalue weighted by Gasteiger charge is -2.03. The van der Waals surface area contributed by atoms with Crippen LogP contribution in [0.5, 0.6) is 0 Å². The summed E-state index contributed by atoms with van der Waals surface area (Å²) in [5, 5.41) is 6.39. The normalized spacial score (nSPS) is 10.0. The molecule has 0 saturated carbocycles. The first-order valence-corrected chi connectivity index (χ1v) is 4.44. The van der Waals surface area contributed by atoms with E-state index in [2.05, 4.69) is 25.4 Å². The Hall–Kier alpha value is -2.51. The fourth-order valence-corrected chi connectivity index (χ4v) is 1.10. The number of nitrogens with two attached hydrogens (primary N) is 1. The molecule has 82 valence electrons. The van der Waals surface area contributed by atoms with Crippen molar-refractivity contribution in [2.75, 3.05) is 11.1 Å². The standard InChI is InChI=1S/C8H9N7O/c9-8-12-5-15(14-8)3-7(16)13-6-1-10-4-11-2-6/h1-2,4-5H,3H2,(H2,9,14)(H,13,16). The predicted octanol–water partition coefficient (Wildman–Crippen LogP) is -0.711. The minimum Gasteiger partial charge on any atom is -0.367 e. The van der Waals surface area contributed by atoms with Crippen molar-refractivity contribution in [1.82, 2.24) is 24.7 Å². The van der Waals surface area contributed by atoms with Crippen molar-refractivity contribution in [1.29, 1.82) is 0 Å². The van der Waals surface area contributed by atoms with Gasteiger partial charge >= 0.3 is 0 Å². The molecule has 2 aromatic rings. The molecule has 2 aromatic heterocycles. The van der Waals surface area contributed by atoms with Crippen LogP contribution < -0.4 is 11.1 Å². The number of hydrogen-bond acceptors (Lipinski definition) is 6. The highest BCUT2D eigenvalue weighted by Crippen LogP contribution is 2.00. The van der Waals surface area contributed by atoms with Crippen LogP contribution in [0.1, 0.15) is 0 Å². The van der Waals surface area contributed by atoms with E-state index in [1.54, 1.807) is 0 Å². The number of carbonyl (C=O) groups is 1. The molecule has 0 radical (unpaired) electrons. The highest BCUT2D eigenvalue weighted by atomic mass is 16.2. The number of nitrogen functional groups attached to an aromatic ring is 1. The second kappa shape index (κ2) is 4.34. The van der Waals surface area contributed by atoms with E-state index in [4.69, 9.17) is 5.73 Å². The zero-order valence-corrected chi connectivity index (χ0v) is 8.24. The molecule has 0 aliphatic carbocycles. The van der Waals surface area contributed by atoms with Crippen molar-refractivity contribution in [3.63, 3.8) is 0 Å². The summed E-state index contributed by atoms with van der Waals surface area (Å²) in [5.74, 6) is -0.115. The summed E-state index contributed by atoms with van der Waals surface area (Å²) < 4.78 is 1.34. The van der Waals surface area contributed by atoms with Gasteiger partial charge in [0.25, 0.3) is 0 Å². The summed E-state index contributed by atoms with van der Waals surface area (Å²) in [6.07, 6.45) is 5.77. The van der Waals surface area contributed by atoms with Crippen LogP contribution in [-0.2, 0) is 11.3 Å². The van der Waals surface area contributed by atoms with Crippen LogP contribution in [0.4, 0.5) is 11.6 Å². The molecular formula is C8H9N7O. The van der Waals surface area contributed by atoms with Crippen molar-refractivity contribution >= 4 is 17.5 Å². The molecule has 8 heteroatoms. The first-order chi connectivity index (χ1) is 7.74. The van der Waals surface area contributed by atoms with Gasteiger partial charge in [-0.1, -0.05) is 0 Å². The number of anilines is 2. The SMILES string of the molecule is Nc1ncn(CC(=O)Nc2cncnc2)n1. The van der Waals surface area contributed by atoms with Crippen LogP contribution in [0, 0.1) is 0 Å². The van der Waals surface area contributed by atoms with Gasteiger partial charge in [-0.3, -0.25) is 4.79 Å². The lowest BCUT2D eigenvalue weighted by Crippen LogP contribution is -2.19. The lowest BCUT2D eigenvalue weighted by atomic mass is 10.5. The molecule has 0 saturated heterocycles. The second-order valence-electron chi connectivity index (χ2n) is 2.98. The van der Waals surface area contributed by atoms with Gasteiger partial charge in [0.2, 0.25) is 11.9 Å². The molecule has 0 aliphatic heterocycles. The molecule has 1 amide bonds. The molecule has 16 heavy (non-hydrogen) atoms. The van der Waals surface area contributed by atoms with Crippen LogP contribution in [0.2, 0.25) is 0 Å². The highest BCUT2D eigenvalue weighted by Gasteiger charge is 2.05. The summed E-state index contributed by atoms with van der Waals surface area (Å²) >= 11 is 0. The van der Waals surface area contributed by atoms with Gasteiger partial charge < -0.3 is 11.1 Å². The van der Waals surface area contributed by atoms with Crippen molar-refractivity contribution in [2.24, 2.45) is 0 Å². The number of rotatable bonds is 3. The van der Waals surface area contributed by atoms with Crippen LogP contribution >= 0.6 is 0 Å². The maximum absolute atomic E-state index is 11.5. The smallest absolute Gasteiger partial charge is 0.246 e. The number of aromatic nitrogens is 5. The third kappa shape index (κ3) is 2.50. The maximum Gasteiger partial charge on any atom is 0.246 e. The third-order valence-electron chi connectivity index (χ3n) is 1.70. The highest BCUT2D eigenvalue weighted by molar-refractivity contribution is 5.90. The zero-order valence-electron chi connectivity index (χ0n) is 8.24. The van der Waals surface area contributed by atoms with Crippen LogP contribution in [-0.4, -0.2) is 30.6 Å². The average Bonchev–Trinajstić information content (AvgIpc) is 2.65. The number of amides is 1. The van der Waals surface area contributed by atoms with Crippen LogP contribution in [0.3, 0.4) is 0 Å². The van der Waals surface area contributed by atoms with Gasteiger partial charge in [-0.05, 0) is 0 Å². The monoisotopic (exact) mass is 219 g/mol. The lowest BCUT2D eigenvalue weighted by molar-refractivity contribution is -0.116. The Morgan fingerprint density at radius 2 is 2.19 bits per heavy atom. The van der Waals surface area contributed by atoms with Gasteiger partial charge in [0, 0.05) is 0 Å². The van der Waals surface area contributed by atoms with Gasteiger partial charge in [0.05, 0.1) is 18.1 Å². The third-order valence-corrected chi connectivity index (χ3v) is 1.70. The Morgan fingerprint density at radius 1 is 1.44 bits per heavy atom. The van der Waals surface area contributed by atoms with Crippen molar-refractivity contribution in [2.45, 2.75) is 6.54 Å². The minimum absolute atomic E-state index is 0.0408. The summed E-state index contributed by atoms with van der Waals surface area (Å²) in [5.41, 5.74) is 5.84. The quantitative estimate of drug-likeness (QED) is 0.705. The van der Waals surface area contributed by atoms with Crippen molar-refractivity contribution in [3.8, 4) is 0 Å². The average molecular weight is 219 g/mol. The van der Waals surface area contributed by atoms with E-state index < -0.39 is 0 Å². The van der Waals surface area contributed by atoms with Crippen molar-refractivity contribution in [3.05, 3.63) is 25.0 Å². The van der Waals surface area contributed by atoms with Gasteiger partial charge in [0.1, 0.15) is 19.2 Å². The molecule has 0 spiro atoms. The molecule has 0 bridgehead atoms. The molecule has 2 rings (SSSR count). The first kappa shape index (κ1) is 10.0. The van der Waals surface area contributed by atoms with Crippen LogP contribution in [0.15, 0.2) is 25.0 Å². The molecule has 0 aliphatic rings. The summed E-state index contributed by atoms with van der Waals surface area (Å²) in [6.45, 7) is 0.0408. The zero-order chi connectivity index (χ0) is 11.4. The summed E-state index contributed by atoms with van der Waals surface area (Å²) in [4.78, 5) is 22.7. The van der Waals surface area contributed by atoms with E-state index in [0.717, 1.165) is 0 Å². The van der Waals surface area contributed by atoms with E-state index in [0.29, 0.717) is 5.69 Å². The molecule has 0 aromatic carbocycles. The predicted molar refractivity (Wildman–Crippen MR) is 55.1 cm³/mol. The van der Waals surface area contributed by atoms with Crippen LogP contribution in [0.25, 0.3) is 0 Å². The van der Waals surface area contributed by atoms with E-state index in [-0.39, 0.29) is 18.4 Å². The molecule has 0 fully saturated rings. The number of hydrogen-bond donors (Lipinski definition) is 2. The van der Waals surface area contributed by atoms with E-state index in [1.807, 2.05) is 0 Å². The molecule has 0 unspecified atom stereocenters. The van der Waals surface area contributed by atoms with Gasteiger partial charge in [-0.2, -0.15) is 0 Å². The Labute approximate surface area is 90.5 Å². The Kier molecular flexibility index (Phi) is 2.72. The Morgan fingerprint density at radius 3 is 2.81 bits per heavy atom. The topological polar surface area (TPSA) is 112 Å². The number of carbonyl (C=O) groups excluding carboxylic acids is 1. The first-order valence-electron chi connectivity index (χ1n) is 4.44. The van der Waals surface area contributed by atoms with E-state index in [1.165, 1.54) is 29.7 Å².